The summed E-state index contributed by atoms with van der Waals surface area (Å²) >= 11 is 1.30. The Morgan fingerprint density at radius 2 is 2.18 bits per heavy atom. The van der Waals surface area contributed by atoms with Crippen molar-refractivity contribution in [3.05, 3.63) is 66.1 Å². The molecule has 1 saturated heterocycles. The first kappa shape index (κ1) is 25.8. The standard InChI is InChI=1S/C26H30N8O3S/c1-3-23(36)32-10-4-5-19(32)13-33-21-7-6-18(12-28-17(2)14-35)11-20(21)30-26(33)31-25(37)22-8-9-24(38-22)34-16-27-15-29-34/h3,6-9,11,15-17,19,28,35H,1,4-5,10,12-14H2,2H3,(H,30,31,37). The molecule has 5 rings (SSSR count). The van der Waals surface area contributed by atoms with Crippen LogP contribution in [-0.2, 0) is 17.9 Å². The third kappa shape index (κ3) is 5.37. The maximum atomic E-state index is 13.2. The number of fused-ring (bicyclic) bond motifs is 1. The first-order valence-electron chi connectivity index (χ1n) is 12.5. The molecule has 4 aromatic rings. The van der Waals surface area contributed by atoms with Gasteiger partial charge in [-0.25, -0.2) is 14.6 Å². The molecule has 11 nitrogen and oxygen atoms in total. The smallest absolute Gasteiger partial charge is 0.268 e. The average Bonchev–Trinajstić information content (AvgIpc) is 3.74. The molecule has 2 atom stereocenters. The Kier molecular flexibility index (Phi) is 7.63. The molecule has 1 fully saturated rings. The van der Waals surface area contributed by atoms with Crippen LogP contribution in [0.1, 0.15) is 35.0 Å². The first-order chi connectivity index (χ1) is 18.5. The van der Waals surface area contributed by atoms with Crippen LogP contribution in [0.25, 0.3) is 16.0 Å². The predicted octanol–water partition coefficient (Wildman–Crippen LogP) is 2.58. The summed E-state index contributed by atoms with van der Waals surface area (Å²) in [6.45, 7) is 7.37. The number of carbonyl (C=O) groups excluding carboxylic acids is 2. The molecule has 1 aliphatic heterocycles. The SMILES string of the molecule is C=CC(=O)N1CCCC1Cn1c(NC(=O)c2ccc(-n3cncn3)s2)nc2cc(CNC(C)CO)ccc21. The lowest BCUT2D eigenvalue weighted by Crippen LogP contribution is -2.37. The minimum atomic E-state index is -0.276. The molecule has 198 valence electrons. The van der Waals surface area contributed by atoms with Crippen molar-refractivity contribution in [3.63, 3.8) is 0 Å². The number of hydrogen-bond acceptors (Lipinski definition) is 8. The van der Waals surface area contributed by atoms with Gasteiger partial charge in [0.05, 0.1) is 28.6 Å². The molecule has 3 aromatic heterocycles. The van der Waals surface area contributed by atoms with Crippen molar-refractivity contribution in [3.8, 4) is 5.00 Å². The fourth-order valence-electron chi connectivity index (χ4n) is 4.62. The number of rotatable bonds is 10. The van der Waals surface area contributed by atoms with E-state index in [2.05, 4.69) is 27.3 Å². The zero-order chi connectivity index (χ0) is 26.6. The van der Waals surface area contributed by atoms with Crippen LogP contribution in [-0.4, -0.2) is 71.4 Å². The minimum Gasteiger partial charge on any atom is -0.395 e. The topological polar surface area (TPSA) is 130 Å². The highest BCUT2D eigenvalue weighted by Crippen LogP contribution is 2.27. The molecule has 2 unspecified atom stereocenters. The molecule has 0 saturated carbocycles. The predicted molar refractivity (Wildman–Crippen MR) is 145 cm³/mol. The van der Waals surface area contributed by atoms with Gasteiger partial charge in [0.25, 0.3) is 5.91 Å². The van der Waals surface area contributed by atoms with Crippen molar-refractivity contribution in [2.24, 2.45) is 0 Å². The molecule has 2 amide bonds. The van der Waals surface area contributed by atoms with Gasteiger partial charge in [-0.05, 0) is 55.7 Å². The maximum absolute atomic E-state index is 13.2. The largest absolute Gasteiger partial charge is 0.395 e. The maximum Gasteiger partial charge on any atom is 0.268 e. The Balaban J connectivity index is 1.45. The van der Waals surface area contributed by atoms with E-state index in [9.17, 15) is 14.7 Å². The molecule has 0 aliphatic carbocycles. The van der Waals surface area contributed by atoms with Gasteiger partial charge in [0.2, 0.25) is 11.9 Å². The summed E-state index contributed by atoms with van der Waals surface area (Å²) in [6, 6.07) is 9.49. The molecule has 0 spiro atoms. The zero-order valence-electron chi connectivity index (χ0n) is 21.1. The van der Waals surface area contributed by atoms with Crippen LogP contribution in [0.2, 0.25) is 0 Å². The molecule has 3 N–H and O–H groups in total. The molecular formula is C26H30N8O3S. The number of aliphatic hydroxyl groups excluding tert-OH is 1. The van der Waals surface area contributed by atoms with Crippen LogP contribution in [0.15, 0.2) is 55.6 Å². The van der Waals surface area contributed by atoms with Gasteiger partial charge in [0.1, 0.15) is 17.7 Å². The lowest BCUT2D eigenvalue weighted by molar-refractivity contribution is -0.126. The monoisotopic (exact) mass is 534 g/mol. The van der Waals surface area contributed by atoms with E-state index in [4.69, 9.17) is 4.98 Å². The summed E-state index contributed by atoms with van der Waals surface area (Å²) in [5, 5.41) is 20.5. The van der Waals surface area contributed by atoms with E-state index in [0.29, 0.717) is 30.5 Å². The normalized spacial score (nSPS) is 16.2. The van der Waals surface area contributed by atoms with Crippen molar-refractivity contribution in [1.82, 2.24) is 34.5 Å². The van der Waals surface area contributed by atoms with Gasteiger partial charge in [-0.1, -0.05) is 12.6 Å². The highest BCUT2D eigenvalue weighted by molar-refractivity contribution is 7.16. The Hall–Kier alpha value is -3.87. The van der Waals surface area contributed by atoms with Gasteiger partial charge in [0.15, 0.2) is 0 Å². The van der Waals surface area contributed by atoms with E-state index in [1.165, 1.54) is 23.7 Å². The summed E-state index contributed by atoms with van der Waals surface area (Å²) in [5.74, 6) is 0.0579. The molecule has 0 radical (unpaired) electrons. The highest BCUT2D eigenvalue weighted by atomic mass is 32.1. The number of imidazole rings is 1. The van der Waals surface area contributed by atoms with E-state index in [1.807, 2.05) is 40.7 Å². The summed E-state index contributed by atoms with van der Waals surface area (Å²) in [6.07, 6.45) is 6.15. The lowest BCUT2D eigenvalue weighted by atomic mass is 10.1. The average molecular weight is 535 g/mol. The number of amides is 2. The first-order valence-corrected chi connectivity index (χ1v) is 13.3. The second-order valence-corrected chi connectivity index (χ2v) is 10.4. The molecule has 1 aliphatic rings. The van der Waals surface area contributed by atoms with Crippen molar-refractivity contribution in [1.29, 1.82) is 0 Å². The number of nitrogens with zero attached hydrogens (tertiary/aromatic N) is 6. The summed E-state index contributed by atoms with van der Waals surface area (Å²) < 4.78 is 3.58. The van der Waals surface area contributed by atoms with E-state index < -0.39 is 0 Å². The molecule has 38 heavy (non-hydrogen) atoms. The number of aliphatic hydroxyl groups is 1. The van der Waals surface area contributed by atoms with E-state index in [0.717, 1.165) is 34.4 Å². The highest BCUT2D eigenvalue weighted by Gasteiger charge is 2.29. The van der Waals surface area contributed by atoms with Crippen molar-refractivity contribution in [2.45, 2.75) is 44.9 Å². The number of likely N-dealkylation sites (tertiary alicyclic amines) is 1. The van der Waals surface area contributed by atoms with E-state index >= 15 is 0 Å². The fourth-order valence-corrected chi connectivity index (χ4v) is 5.45. The second-order valence-electron chi connectivity index (χ2n) is 9.30. The molecule has 1 aromatic carbocycles. The second kappa shape index (κ2) is 11.3. The molecule has 12 heteroatoms. The van der Waals surface area contributed by atoms with Gasteiger partial charge in [-0.3, -0.25) is 14.9 Å². The number of thiophene rings is 1. The van der Waals surface area contributed by atoms with E-state index in [-0.39, 0.29) is 30.5 Å². The number of nitrogens with one attached hydrogen (secondary N) is 2. The molecule has 0 bridgehead atoms. The summed E-state index contributed by atoms with van der Waals surface area (Å²) in [7, 11) is 0. The number of benzene rings is 1. The lowest BCUT2D eigenvalue weighted by Gasteiger charge is -2.24. The number of carbonyl (C=O) groups is 2. The number of anilines is 1. The Bertz CT molecular complexity index is 1440. The Labute approximate surface area is 223 Å². The summed E-state index contributed by atoms with van der Waals surface area (Å²) in [5.41, 5.74) is 2.62. The third-order valence-corrected chi connectivity index (χ3v) is 7.73. The Morgan fingerprint density at radius 3 is 2.95 bits per heavy atom. The fraction of sp³-hybridized carbons (Fsp3) is 0.346. The quantitative estimate of drug-likeness (QED) is 0.267. The van der Waals surface area contributed by atoms with E-state index in [1.54, 1.807) is 17.1 Å². The third-order valence-electron chi connectivity index (χ3n) is 6.65. The summed E-state index contributed by atoms with van der Waals surface area (Å²) in [4.78, 5) is 36.8. The van der Waals surface area contributed by atoms with Gasteiger partial charge in [-0.15, -0.1) is 11.3 Å². The minimum absolute atomic E-state index is 0.0259. The Morgan fingerprint density at radius 1 is 1.32 bits per heavy atom. The van der Waals surface area contributed by atoms with Crippen molar-refractivity contribution >= 4 is 40.1 Å². The van der Waals surface area contributed by atoms with Crippen molar-refractivity contribution in [2.75, 3.05) is 18.5 Å². The number of aromatic nitrogens is 5. The van der Waals surface area contributed by atoms with Gasteiger partial charge < -0.3 is 19.9 Å². The van der Waals surface area contributed by atoms with Crippen LogP contribution < -0.4 is 10.6 Å². The van der Waals surface area contributed by atoms with Crippen molar-refractivity contribution < 1.29 is 14.7 Å². The molecular weight excluding hydrogens is 504 g/mol. The van der Waals surface area contributed by atoms with Crippen LogP contribution in [0, 0.1) is 0 Å². The number of hydrogen-bond donors (Lipinski definition) is 3. The van der Waals surface area contributed by atoms with Gasteiger partial charge in [-0.2, -0.15) is 5.10 Å². The zero-order valence-corrected chi connectivity index (χ0v) is 21.9. The van der Waals surface area contributed by atoms with Crippen LogP contribution in [0.5, 0.6) is 0 Å². The van der Waals surface area contributed by atoms with Gasteiger partial charge in [0, 0.05) is 25.7 Å². The molecule has 4 heterocycles. The van der Waals surface area contributed by atoms with Gasteiger partial charge >= 0.3 is 0 Å². The van der Waals surface area contributed by atoms with Crippen LogP contribution >= 0.6 is 11.3 Å². The van der Waals surface area contributed by atoms with Crippen LogP contribution in [0.3, 0.4) is 0 Å². The van der Waals surface area contributed by atoms with Crippen LogP contribution in [0.4, 0.5) is 5.95 Å².